The molecular weight excluding hydrogens is 928 g/mol. The zero-order chi connectivity index (χ0) is 51.8. The smallest absolute Gasteiger partial charge is 0.252 e. The molecule has 0 saturated heterocycles. The number of para-hydroxylation sites is 2. The van der Waals surface area contributed by atoms with Crippen LogP contribution in [0.5, 0.6) is 0 Å². The lowest BCUT2D eigenvalue weighted by molar-refractivity contribution is 0.641. The van der Waals surface area contributed by atoms with Crippen molar-refractivity contribution in [1.82, 2.24) is 0 Å². The molecule has 2 aliphatic rings. The van der Waals surface area contributed by atoms with Crippen LogP contribution in [0.3, 0.4) is 0 Å². The lowest BCUT2D eigenvalue weighted by Gasteiger charge is -2.45. The van der Waals surface area contributed by atoms with E-state index in [1.54, 1.807) is 0 Å². The average molecular weight is 985 g/mol. The number of anilines is 6. The molecule has 77 heavy (non-hydrogen) atoms. The van der Waals surface area contributed by atoms with E-state index in [9.17, 15) is 0 Å². The molecule has 0 N–H and O–H groups in total. The maximum atomic E-state index is 2.55. The molecule has 2 aliphatic heterocycles. The Morgan fingerprint density at radius 3 is 1.08 bits per heavy atom. The Kier molecular flexibility index (Phi) is 11.0. The van der Waals surface area contributed by atoms with Crippen LogP contribution in [0.1, 0.15) is 49.9 Å². The van der Waals surface area contributed by atoms with Crippen LogP contribution in [0.2, 0.25) is 0 Å². The zero-order valence-electron chi connectivity index (χ0n) is 44.0. The van der Waals surface area contributed by atoms with Crippen LogP contribution in [-0.2, 0) is 10.8 Å². The molecule has 12 aromatic carbocycles. The molecule has 0 fully saturated rings. The SMILES string of the molecule is CC(C)(c1ccccc1)c1ccc2c(c1)B1c3cc(C(C)(C)c4ccccc4)ccc3N(c3ccccc3)c3cc(-c4cccc(-c5c6ccccc6c(-c6ccccc6)c6ccccc56)c4)cc(c31)N2c1ccccc1. The molecule has 0 unspecified atom stereocenters. The number of benzene rings is 12. The van der Waals surface area contributed by atoms with Crippen molar-refractivity contribution in [3.63, 3.8) is 0 Å². The second-order valence-electron chi connectivity index (χ2n) is 22.0. The molecule has 0 aromatic heterocycles. The van der Waals surface area contributed by atoms with Gasteiger partial charge in [-0.3, -0.25) is 0 Å². The minimum atomic E-state index is -0.255. The van der Waals surface area contributed by atoms with Gasteiger partial charge >= 0.3 is 0 Å². The first-order valence-electron chi connectivity index (χ1n) is 27.1. The van der Waals surface area contributed by atoms with Crippen LogP contribution >= 0.6 is 0 Å². The first-order valence-corrected chi connectivity index (χ1v) is 27.1. The molecule has 0 bridgehead atoms. The zero-order valence-corrected chi connectivity index (χ0v) is 44.0. The Morgan fingerprint density at radius 1 is 0.273 bits per heavy atom. The first-order chi connectivity index (χ1) is 37.7. The lowest BCUT2D eigenvalue weighted by Crippen LogP contribution is -2.61. The van der Waals surface area contributed by atoms with Crippen LogP contribution in [0.4, 0.5) is 34.1 Å². The lowest BCUT2D eigenvalue weighted by atomic mass is 9.33. The number of fused-ring (bicyclic) bond motifs is 6. The van der Waals surface area contributed by atoms with E-state index in [-0.39, 0.29) is 17.5 Å². The van der Waals surface area contributed by atoms with Crippen LogP contribution in [0, 0.1) is 0 Å². The average Bonchev–Trinajstić information content (AvgIpc) is 3.62. The van der Waals surface area contributed by atoms with Crippen molar-refractivity contribution in [2.45, 2.75) is 38.5 Å². The summed E-state index contributed by atoms with van der Waals surface area (Å²) in [6, 6.07) is 102. The predicted molar refractivity (Wildman–Crippen MR) is 329 cm³/mol. The summed E-state index contributed by atoms with van der Waals surface area (Å²) < 4.78 is 0. The van der Waals surface area contributed by atoms with Gasteiger partial charge in [-0.25, -0.2) is 0 Å². The van der Waals surface area contributed by atoms with Gasteiger partial charge in [-0.05, 0) is 148 Å². The minimum absolute atomic E-state index is 0.0794. The number of nitrogens with zero attached hydrogens (tertiary/aromatic N) is 2. The highest BCUT2D eigenvalue weighted by Crippen LogP contribution is 2.49. The molecule has 0 aliphatic carbocycles. The van der Waals surface area contributed by atoms with E-state index in [2.05, 4.69) is 310 Å². The minimum Gasteiger partial charge on any atom is -0.311 e. The van der Waals surface area contributed by atoms with E-state index in [0.29, 0.717) is 0 Å². The summed E-state index contributed by atoms with van der Waals surface area (Å²) in [6.45, 7) is 9.41. The van der Waals surface area contributed by atoms with E-state index < -0.39 is 0 Å². The molecule has 14 rings (SSSR count). The van der Waals surface area contributed by atoms with Gasteiger partial charge < -0.3 is 9.80 Å². The van der Waals surface area contributed by atoms with Crippen molar-refractivity contribution >= 4 is 78.8 Å². The Balaban J connectivity index is 1.05. The van der Waals surface area contributed by atoms with E-state index in [1.807, 2.05) is 0 Å². The third-order valence-electron chi connectivity index (χ3n) is 17.0. The number of hydrogen-bond acceptors (Lipinski definition) is 2. The standard InChI is InChI=1S/C74H57BN2/c1-73(2,54-29-12-6-13-30-54)56-41-43-66-64(48-56)75-65-49-57(74(3,4)55-31-14-7-15-32-55)42-44-67(65)77(59-35-18-9-19-36-59)69-47-53(46-68(72(69)75)76(66)58-33-16-8-17-34-58)51-27-24-28-52(45-51)71-62-39-22-20-37-60(62)70(50-25-10-5-11-26-50)61-38-21-23-40-63(61)71/h5-49H,1-4H3. The van der Waals surface area contributed by atoms with Gasteiger partial charge in [-0.2, -0.15) is 0 Å². The van der Waals surface area contributed by atoms with Gasteiger partial charge in [0.05, 0.1) is 0 Å². The predicted octanol–water partition coefficient (Wildman–Crippen LogP) is 17.7. The highest BCUT2D eigenvalue weighted by molar-refractivity contribution is 7.00. The summed E-state index contributed by atoms with van der Waals surface area (Å²) in [6.07, 6.45) is 0. The monoisotopic (exact) mass is 984 g/mol. The maximum Gasteiger partial charge on any atom is 0.252 e. The fraction of sp³-hybridized carbons (Fsp3) is 0.0811. The molecule has 3 heteroatoms. The van der Waals surface area contributed by atoms with Gasteiger partial charge in [0.15, 0.2) is 0 Å². The fourth-order valence-corrected chi connectivity index (χ4v) is 12.9. The Morgan fingerprint density at radius 2 is 0.636 bits per heavy atom. The second-order valence-corrected chi connectivity index (χ2v) is 22.0. The Hall–Kier alpha value is -9.18. The first kappa shape index (κ1) is 46.4. The normalized spacial score (nSPS) is 12.9. The Labute approximate surface area is 453 Å². The van der Waals surface area contributed by atoms with Gasteiger partial charge in [-0.1, -0.05) is 246 Å². The van der Waals surface area contributed by atoms with E-state index >= 15 is 0 Å². The van der Waals surface area contributed by atoms with Crippen LogP contribution in [0.15, 0.2) is 273 Å². The summed E-state index contributed by atoms with van der Waals surface area (Å²) in [7, 11) is 0. The summed E-state index contributed by atoms with van der Waals surface area (Å²) in [5.41, 5.74) is 22.8. The fourth-order valence-electron chi connectivity index (χ4n) is 12.9. The summed E-state index contributed by atoms with van der Waals surface area (Å²) in [5, 5.41) is 4.99. The third kappa shape index (κ3) is 7.55. The largest absolute Gasteiger partial charge is 0.311 e. The number of hydrogen-bond donors (Lipinski definition) is 0. The van der Waals surface area contributed by atoms with Gasteiger partial charge in [0, 0.05) is 45.0 Å². The summed E-state index contributed by atoms with van der Waals surface area (Å²) in [4.78, 5) is 5.10. The molecule has 0 saturated carbocycles. The molecule has 0 amide bonds. The van der Waals surface area contributed by atoms with Gasteiger partial charge in [-0.15, -0.1) is 0 Å². The maximum absolute atomic E-state index is 2.55. The molecule has 0 radical (unpaired) electrons. The van der Waals surface area contributed by atoms with E-state index in [0.717, 1.165) is 22.5 Å². The highest BCUT2D eigenvalue weighted by Gasteiger charge is 2.45. The molecular formula is C74H57BN2. The van der Waals surface area contributed by atoms with Crippen molar-refractivity contribution in [1.29, 1.82) is 0 Å². The van der Waals surface area contributed by atoms with Crippen molar-refractivity contribution in [3.8, 4) is 33.4 Å². The summed E-state index contributed by atoms with van der Waals surface area (Å²) >= 11 is 0. The van der Waals surface area contributed by atoms with Crippen LogP contribution < -0.4 is 26.2 Å². The van der Waals surface area contributed by atoms with Gasteiger partial charge in [0.2, 0.25) is 0 Å². The molecule has 366 valence electrons. The molecule has 0 spiro atoms. The van der Waals surface area contributed by atoms with Crippen molar-refractivity contribution in [3.05, 3.63) is 295 Å². The van der Waals surface area contributed by atoms with Crippen LogP contribution in [0.25, 0.3) is 54.9 Å². The Bertz CT molecular complexity index is 3980. The second kappa shape index (κ2) is 18.3. The van der Waals surface area contributed by atoms with Crippen molar-refractivity contribution in [2.24, 2.45) is 0 Å². The summed E-state index contributed by atoms with van der Waals surface area (Å²) in [5.74, 6) is 0. The molecule has 2 nitrogen and oxygen atoms in total. The van der Waals surface area contributed by atoms with E-state index in [4.69, 9.17) is 0 Å². The third-order valence-corrected chi connectivity index (χ3v) is 17.0. The van der Waals surface area contributed by atoms with Crippen molar-refractivity contribution < 1.29 is 0 Å². The van der Waals surface area contributed by atoms with Crippen molar-refractivity contribution in [2.75, 3.05) is 9.80 Å². The topological polar surface area (TPSA) is 6.48 Å². The van der Waals surface area contributed by atoms with E-state index in [1.165, 1.54) is 105 Å². The van der Waals surface area contributed by atoms with Gasteiger partial charge in [0.25, 0.3) is 6.71 Å². The van der Waals surface area contributed by atoms with Crippen LogP contribution in [-0.4, -0.2) is 6.71 Å². The molecule has 0 atom stereocenters. The number of rotatable bonds is 9. The molecule has 12 aromatic rings. The highest BCUT2D eigenvalue weighted by atomic mass is 15.2. The quantitative estimate of drug-likeness (QED) is 0.105. The van der Waals surface area contributed by atoms with Gasteiger partial charge in [0.1, 0.15) is 0 Å². The molecule has 2 heterocycles.